The van der Waals surface area contributed by atoms with Crippen LogP contribution in [-0.2, 0) is 6.54 Å². The molecule has 1 aliphatic carbocycles. The van der Waals surface area contributed by atoms with Crippen molar-refractivity contribution < 1.29 is 31.5 Å². The van der Waals surface area contributed by atoms with Gasteiger partial charge < -0.3 is 10.2 Å². The molecule has 1 fully saturated rings. The second-order valence-electron chi connectivity index (χ2n) is 10.8. The Morgan fingerprint density at radius 1 is 0.953 bits per heavy atom. The van der Waals surface area contributed by atoms with E-state index in [0.29, 0.717) is 35.4 Å². The Kier molecular flexibility index (Phi) is 8.92. The lowest BCUT2D eigenvalue weighted by atomic mass is 9.89. The molecule has 1 heterocycles. The molecular formula is C32H28ClF5N2O2S. The number of halogens is 6. The van der Waals surface area contributed by atoms with E-state index in [2.05, 4.69) is 5.32 Å². The van der Waals surface area contributed by atoms with E-state index in [1.807, 2.05) is 7.05 Å². The van der Waals surface area contributed by atoms with Gasteiger partial charge in [0.2, 0.25) is 0 Å². The second-order valence-corrected chi connectivity index (χ2v) is 12.1. The minimum absolute atomic E-state index is 0.0932. The molecule has 0 unspecified atom stereocenters. The molecule has 5 rings (SSSR count). The van der Waals surface area contributed by atoms with Crippen LogP contribution in [0.25, 0.3) is 21.2 Å². The summed E-state index contributed by atoms with van der Waals surface area (Å²) in [5.41, 5.74) is 1.42. The van der Waals surface area contributed by atoms with Crippen LogP contribution in [0.1, 0.15) is 56.8 Å². The molecule has 0 bridgehead atoms. The van der Waals surface area contributed by atoms with Crippen molar-refractivity contribution in [3.8, 4) is 11.1 Å². The van der Waals surface area contributed by atoms with E-state index in [4.69, 9.17) is 11.6 Å². The molecule has 0 atom stereocenters. The van der Waals surface area contributed by atoms with Gasteiger partial charge in [0.15, 0.2) is 0 Å². The van der Waals surface area contributed by atoms with Gasteiger partial charge in [-0.3, -0.25) is 9.59 Å². The Morgan fingerprint density at radius 3 is 2.19 bits per heavy atom. The largest absolute Gasteiger partial charge is 0.454 e. The molecule has 1 aromatic heterocycles. The first-order valence-electron chi connectivity index (χ1n) is 13.7. The first kappa shape index (κ1) is 31.1. The van der Waals surface area contributed by atoms with Crippen LogP contribution in [0.4, 0.5) is 22.0 Å². The number of carbonyl (C=O) groups is 2. The number of alkyl halides is 3. The number of amides is 1. The summed E-state index contributed by atoms with van der Waals surface area (Å²) in [7, 11) is 1.88. The van der Waals surface area contributed by atoms with E-state index < -0.39 is 35.1 Å². The number of Topliss-reactive ketones (excluding diaryl/α,β-unsaturated/α-hetero) is 1. The SMILES string of the molecule is CNC1CCC(N(Cc2cc(-c3ccc(C(=O)C(F)(F)F)cc3)ccc2F)C(=O)c2sc3c(F)ccc(C)c3c2Cl)CC1. The van der Waals surface area contributed by atoms with Crippen LogP contribution in [0.3, 0.4) is 0 Å². The third-order valence-electron chi connectivity index (χ3n) is 8.07. The molecule has 0 aliphatic heterocycles. The Bertz CT molecular complexity index is 1680. The van der Waals surface area contributed by atoms with Crippen LogP contribution in [0.15, 0.2) is 54.6 Å². The normalized spacial score (nSPS) is 17.3. The van der Waals surface area contributed by atoms with E-state index in [-0.39, 0.29) is 32.7 Å². The zero-order valence-electron chi connectivity index (χ0n) is 23.3. The molecular weight excluding hydrogens is 607 g/mol. The van der Waals surface area contributed by atoms with Crippen molar-refractivity contribution in [3.63, 3.8) is 0 Å². The number of carbonyl (C=O) groups excluding carboxylic acids is 2. The van der Waals surface area contributed by atoms with Crippen molar-refractivity contribution in [1.82, 2.24) is 10.2 Å². The predicted molar refractivity (Wildman–Crippen MR) is 159 cm³/mol. The van der Waals surface area contributed by atoms with Crippen LogP contribution < -0.4 is 5.32 Å². The minimum atomic E-state index is -4.99. The van der Waals surface area contributed by atoms with Gasteiger partial charge in [0.25, 0.3) is 11.7 Å². The standard InChI is InChI=1S/C32H28ClF5N2O2S/c1-17-3-13-25(35)28-26(17)27(33)29(43-28)31(42)40(23-11-9-22(39-2)10-12-23)16-21-15-20(8-14-24(21)34)18-4-6-19(7-5-18)30(41)32(36,37)38/h3-8,13-15,22-23,39H,9-12,16H2,1-2H3. The number of ketones is 1. The maximum Gasteiger partial charge on any atom is 0.454 e. The van der Waals surface area contributed by atoms with Crippen LogP contribution in [0, 0.1) is 18.6 Å². The van der Waals surface area contributed by atoms with Gasteiger partial charge in [-0.15, -0.1) is 11.3 Å². The number of thiophene rings is 1. The average Bonchev–Trinajstić information content (AvgIpc) is 3.36. The molecule has 11 heteroatoms. The molecule has 0 spiro atoms. The summed E-state index contributed by atoms with van der Waals surface area (Å²) < 4.78 is 68.7. The van der Waals surface area contributed by atoms with E-state index in [1.165, 1.54) is 30.3 Å². The first-order valence-corrected chi connectivity index (χ1v) is 14.9. The average molecular weight is 635 g/mol. The first-order chi connectivity index (χ1) is 20.4. The third-order valence-corrected chi connectivity index (χ3v) is 9.74. The third kappa shape index (κ3) is 6.32. The minimum Gasteiger partial charge on any atom is -0.330 e. The summed E-state index contributed by atoms with van der Waals surface area (Å²) in [6, 6.07) is 12.2. The van der Waals surface area contributed by atoms with Crippen LogP contribution in [-0.4, -0.2) is 41.9 Å². The van der Waals surface area contributed by atoms with Crippen LogP contribution >= 0.6 is 22.9 Å². The fourth-order valence-corrected chi connectivity index (χ4v) is 7.26. The number of benzene rings is 3. The smallest absolute Gasteiger partial charge is 0.330 e. The Hall–Kier alpha value is -3.34. The fourth-order valence-electron chi connectivity index (χ4n) is 5.64. The Balaban J connectivity index is 1.50. The van der Waals surface area contributed by atoms with Crippen LogP contribution in [0.5, 0.6) is 0 Å². The highest BCUT2D eigenvalue weighted by Gasteiger charge is 2.39. The van der Waals surface area contributed by atoms with Crippen molar-refractivity contribution in [3.05, 3.63) is 92.8 Å². The maximum absolute atomic E-state index is 15.3. The van der Waals surface area contributed by atoms with E-state index in [9.17, 15) is 27.2 Å². The molecule has 1 N–H and O–H groups in total. The van der Waals surface area contributed by atoms with Gasteiger partial charge in [-0.2, -0.15) is 13.2 Å². The molecule has 1 saturated carbocycles. The highest BCUT2D eigenvalue weighted by Crippen LogP contribution is 2.40. The molecule has 43 heavy (non-hydrogen) atoms. The highest BCUT2D eigenvalue weighted by atomic mass is 35.5. The molecule has 0 saturated heterocycles. The molecule has 4 nitrogen and oxygen atoms in total. The highest BCUT2D eigenvalue weighted by molar-refractivity contribution is 7.21. The van der Waals surface area contributed by atoms with Crippen molar-refractivity contribution in [1.29, 1.82) is 0 Å². The van der Waals surface area contributed by atoms with Gasteiger partial charge in [-0.25, -0.2) is 8.78 Å². The number of hydrogen-bond acceptors (Lipinski definition) is 4. The summed E-state index contributed by atoms with van der Waals surface area (Å²) >= 11 is 7.66. The predicted octanol–water partition coefficient (Wildman–Crippen LogP) is 8.73. The van der Waals surface area contributed by atoms with Gasteiger partial charge in [0, 0.05) is 35.1 Å². The summed E-state index contributed by atoms with van der Waals surface area (Å²) in [4.78, 5) is 27.5. The summed E-state index contributed by atoms with van der Waals surface area (Å²) in [6.07, 6.45) is -2.03. The van der Waals surface area contributed by atoms with Gasteiger partial charge in [0.05, 0.1) is 9.72 Å². The summed E-state index contributed by atoms with van der Waals surface area (Å²) in [5.74, 6) is -3.40. The summed E-state index contributed by atoms with van der Waals surface area (Å²) in [6.45, 7) is 1.70. The van der Waals surface area contributed by atoms with E-state index in [0.717, 1.165) is 41.9 Å². The molecule has 1 aliphatic rings. The molecule has 226 valence electrons. The van der Waals surface area contributed by atoms with Crippen molar-refractivity contribution in [2.75, 3.05) is 7.05 Å². The van der Waals surface area contributed by atoms with Crippen molar-refractivity contribution in [2.24, 2.45) is 0 Å². The number of hydrogen-bond donors (Lipinski definition) is 1. The quantitative estimate of drug-likeness (QED) is 0.163. The van der Waals surface area contributed by atoms with E-state index in [1.54, 1.807) is 24.0 Å². The molecule has 4 aromatic rings. The zero-order valence-corrected chi connectivity index (χ0v) is 24.9. The van der Waals surface area contributed by atoms with Crippen LogP contribution in [0.2, 0.25) is 5.02 Å². The number of nitrogens with zero attached hydrogens (tertiary/aromatic N) is 1. The van der Waals surface area contributed by atoms with Gasteiger partial charge in [-0.1, -0.05) is 48.0 Å². The topological polar surface area (TPSA) is 49.4 Å². The maximum atomic E-state index is 15.3. The number of aryl methyl sites for hydroxylation is 1. The van der Waals surface area contributed by atoms with E-state index >= 15 is 4.39 Å². The van der Waals surface area contributed by atoms with Crippen molar-refractivity contribution >= 4 is 44.7 Å². The van der Waals surface area contributed by atoms with Gasteiger partial charge >= 0.3 is 6.18 Å². The molecule has 1 amide bonds. The zero-order chi connectivity index (χ0) is 31.1. The fraction of sp³-hybridized carbons (Fsp3) is 0.312. The number of rotatable bonds is 7. The van der Waals surface area contributed by atoms with Gasteiger partial charge in [0.1, 0.15) is 16.5 Å². The van der Waals surface area contributed by atoms with Crippen molar-refractivity contribution in [2.45, 2.75) is 57.4 Å². The second kappa shape index (κ2) is 12.3. The lowest BCUT2D eigenvalue weighted by Gasteiger charge is -2.37. The number of nitrogens with one attached hydrogen (secondary N) is 1. The molecule has 0 radical (unpaired) electrons. The summed E-state index contributed by atoms with van der Waals surface area (Å²) in [5, 5.41) is 3.91. The lowest BCUT2D eigenvalue weighted by Crippen LogP contribution is -2.44. The lowest BCUT2D eigenvalue weighted by molar-refractivity contribution is -0.0885. The molecule has 3 aromatic carbocycles. The van der Waals surface area contributed by atoms with Gasteiger partial charge in [-0.05, 0) is 74.5 Å². The Morgan fingerprint density at radius 2 is 1.58 bits per heavy atom. The Labute approximate surface area is 254 Å². The monoisotopic (exact) mass is 634 g/mol. The number of fused-ring (bicyclic) bond motifs is 1.